The van der Waals surface area contributed by atoms with E-state index in [4.69, 9.17) is 0 Å². The minimum Gasteiger partial charge on any atom is -0.327 e. The molecule has 0 rings (SSSR count). The molecule has 2 heteroatoms. The second-order valence-corrected chi connectivity index (χ2v) is 2.57. The molecular formula is C8H20IN+. The van der Waals surface area contributed by atoms with Crippen LogP contribution in [-0.4, -0.2) is 31.2 Å². The van der Waals surface area contributed by atoms with E-state index < -0.39 is 0 Å². The molecule has 1 nitrogen and oxygen atoms in total. The van der Waals surface area contributed by atoms with Gasteiger partial charge in [0.05, 0.1) is 26.7 Å². The van der Waals surface area contributed by atoms with Crippen molar-refractivity contribution in [2.45, 2.75) is 20.8 Å². The highest BCUT2D eigenvalue weighted by molar-refractivity contribution is 14.1. The van der Waals surface area contributed by atoms with E-state index in [1.807, 2.05) is 22.6 Å². The lowest BCUT2D eigenvalue weighted by Gasteiger charge is -2.30. The Morgan fingerprint density at radius 1 is 1.00 bits per heavy atom. The van der Waals surface area contributed by atoms with Gasteiger partial charge in [-0.15, -0.1) is 0 Å². The number of hydrogen-bond donors (Lipinski definition) is 0. The average molecular weight is 257 g/mol. The smallest absolute Gasteiger partial charge is 0.0755 e. The van der Waals surface area contributed by atoms with Gasteiger partial charge >= 0.3 is 0 Å². The second-order valence-electron chi connectivity index (χ2n) is 2.57. The topological polar surface area (TPSA) is 0 Å². The van der Waals surface area contributed by atoms with Gasteiger partial charge in [-0.25, -0.2) is 0 Å². The zero-order valence-electron chi connectivity index (χ0n) is 7.65. The minimum atomic E-state index is 1.21. The van der Waals surface area contributed by atoms with E-state index >= 15 is 0 Å². The Bertz CT molecular complexity index is 52.0. The fourth-order valence-electron chi connectivity index (χ4n) is 0.671. The monoisotopic (exact) mass is 257 g/mol. The summed E-state index contributed by atoms with van der Waals surface area (Å²) in [5.74, 6) is 0. The molecule has 0 amide bonds. The van der Waals surface area contributed by atoms with E-state index in [1.165, 1.54) is 24.1 Å². The molecule has 0 unspecified atom stereocenters. The Morgan fingerprint density at radius 3 is 1.20 bits per heavy atom. The van der Waals surface area contributed by atoms with Gasteiger partial charge < -0.3 is 4.48 Å². The predicted molar refractivity (Wildman–Crippen MR) is 57.2 cm³/mol. The molecule has 0 aliphatic rings. The van der Waals surface area contributed by atoms with Crippen LogP contribution in [0.1, 0.15) is 20.8 Å². The molecule has 1 radical (unpaired) electrons. The van der Waals surface area contributed by atoms with Crippen molar-refractivity contribution < 1.29 is 4.48 Å². The van der Waals surface area contributed by atoms with Crippen molar-refractivity contribution in [1.82, 2.24) is 0 Å². The quantitative estimate of drug-likeness (QED) is 0.538. The highest BCUT2D eigenvalue weighted by Gasteiger charge is 2.10. The van der Waals surface area contributed by atoms with Gasteiger partial charge in [0.1, 0.15) is 0 Å². The maximum absolute atomic E-state index is 3.22. The number of halogens is 1. The Labute approximate surface area is 79.5 Å². The van der Waals surface area contributed by atoms with Crippen molar-refractivity contribution in [1.29, 1.82) is 0 Å². The van der Waals surface area contributed by atoms with Gasteiger partial charge in [-0.3, -0.25) is 0 Å². The molecule has 0 saturated carbocycles. The van der Waals surface area contributed by atoms with Gasteiger partial charge in [0.25, 0.3) is 0 Å². The highest BCUT2D eigenvalue weighted by Crippen LogP contribution is 1.97. The number of nitrogens with zero attached hydrogens (tertiary/aromatic N) is 1. The first-order valence-corrected chi connectivity index (χ1v) is 5.31. The van der Waals surface area contributed by atoms with E-state index in [2.05, 4.69) is 32.7 Å². The average Bonchev–Trinajstić information content (AvgIpc) is 2.07. The minimum absolute atomic E-state index is 1.21. The maximum atomic E-state index is 3.22. The van der Waals surface area contributed by atoms with Crippen LogP contribution in [0, 0.1) is 4.93 Å². The molecule has 0 aliphatic carbocycles. The Kier molecular flexibility index (Phi) is 10.4. The molecule has 0 bridgehead atoms. The van der Waals surface area contributed by atoms with E-state index in [1.54, 1.807) is 0 Å². The van der Waals surface area contributed by atoms with Gasteiger partial charge in [0, 0.05) is 4.93 Å². The van der Waals surface area contributed by atoms with Crippen LogP contribution >= 0.6 is 22.6 Å². The molecule has 0 aromatic rings. The molecule has 0 aromatic carbocycles. The Morgan fingerprint density at radius 2 is 1.20 bits per heavy atom. The van der Waals surface area contributed by atoms with Crippen molar-refractivity contribution in [3.8, 4) is 0 Å². The van der Waals surface area contributed by atoms with Crippen molar-refractivity contribution >= 4 is 22.6 Å². The summed E-state index contributed by atoms with van der Waals surface area (Å²) >= 11 is 1.90. The van der Waals surface area contributed by atoms with E-state index in [9.17, 15) is 0 Å². The fraction of sp³-hybridized carbons (Fsp3) is 0.875. The molecule has 0 N–H and O–H groups in total. The fourth-order valence-corrected chi connectivity index (χ4v) is 0.671. The summed E-state index contributed by atoms with van der Waals surface area (Å²) in [5, 5.41) is 0. The number of quaternary nitrogens is 1. The lowest BCUT2D eigenvalue weighted by molar-refractivity contribution is -0.904. The van der Waals surface area contributed by atoms with Crippen molar-refractivity contribution in [3.05, 3.63) is 4.93 Å². The summed E-state index contributed by atoms with van der Waals surface area (Å²) in [7, 11) is 2.29. The number of rotatable bonds is 3. The van der Waals surface area contributed by atoms with Gasteiger partial charge in [0.2, 0.25) is 0 Å². The van der Waals surface area contributed by atoms with Crippen molar-refractivity contribution in [3.63, 3.8) is 0 Å². The second kappa shape index (κ2) is 7.79. The zero-order valence-corrected chi connectivity index (χ0v) is 9.81. The molecule has 0 fully saturated rings. The summed E-state index contributed by atoms with van der Waals surface area (Å²) in [6.45, 7) is 10.5. The van der Waals surface area contributed by atoms with Crippen molar-refractivity contribution in [2.75, 3.05) is 26.7 Å². The number of hydrogen-bond acceptors (Lipinski definition) is 0. The van der Waals surface area contributed by atoms with E-state index in [0.29, 0.717) is 0 Å². The van der Waals surface area contributed by atoms with Gasteiger partial charge in [0.15, 0.2) is 0 Å². The summed E-state index contributed by atoms with van der Waals surface area (Å²) in [6.07, 6.45) is 0. The van der Waals surface area contributed by atoms with Gasteiger partial charge in [-0.2, -0.15) is 0 Å². The summed E-state index contributed by atoms with van der Waals surface area (Å²) in [5.41, 5.74) is 0. The first kappa shape index (κ1) is 13.3. The third kappa shape index (κ3) is 5.47. The SMILES string of the molecule is CC[N+](C)(CC)CC.[CH2]I. The van der Waals surface area contributed by atoms with Crippen LogP contribution in [0.3, 0.4) is 0 Å². The lowest BCUT2D eigenvalue weighted by Crippen LogP contribution is -2.42. The first-order valence-electron chi connectivity index (χ1n) is 3.78. The van der Waals surface area contributed by atoms with E-state index in [-0.39, 0.29) is 0 Å². The summed E-state index contributed by atoms with van der Waals surface area (Å²) in [4.78, 5) is 3.22. The van der Waals surface area contributed by atoms with Crippen LogP contribution in [0.15, 0.2) is 0 Å². The van der Waals surface area contributed by atoms with Gasteiger partial charge in [-0.1, -0.05) is 22.6 Å². The Hall–Kier alpha value is 0.690. The predicted octanol–water partition coefficient (Wildman–Crippen LogP) is 2.71. The third-order valence-corrected chi connectivity index (χ3v) is 2.29. The lowest BCUT2D eigenvalue weighted by atomic mass is 10.4. The third-order valence-electron chi connectivity index (χ3n) is 2.29. The highest BCUT2D eigenvalue weighted by atomic mass is 127. The van der Waals surface area contributed by atoms with Crippen LogP contribution in [-0.2, 0) is 0 Å². The molecule has 0 spiro atoms. The molecule has 0 aromatic heterocycles. The molecule has 0 aliphatic heterocycles. The molecule has 0 atom stereocenters. The van der Waals surface area contributed by atoms with Gasteiger partial charge in [-0.05, 0) is 20.8 Å². The van der Waals surface area contributed by atoms with Crippen LogP contribution in [0.4, 0.5) is 0 Å². The largest absolute Gasteiger partial charge is 0.327 e. The first-order chi connectivity index (χ1) is 4.68. The summed E-state index contributed by atoms with van der Waals surface area (Å²) < 4.78 is 1.21. The van der Waals surface area contributed by atoms with Crippen LogP contribution in [0.25, 0.3) is 0 Å². The maximum Gasteiger partial charge on any atom is 0.0755 e. The molecule has 0 heterocycles. The van der Waals surface area contributed by atoms with Crippen LogP contribution in [0.2, 0.25) is 0 Å². The Balaban J connectivity index is 0. The van der Waals surface area contributed by atoms with E-state index in [0.717, 1.165) is 0 Å². The normalized spacial score (nSPS) is 10.2. The summed E-state index contributed by atoms with van der Waals surface area (Å²) in [6, 6.07) is 0. The zero-order chi connectivity index (χ0) is 8.62. The molecule has 63 valence electrons. The van der Waals surface area contributed by atoms with Crippen molar-refractivity contribution in [2.24, 2.45) is 0 Å². The molecule has 10 heavy (non-hydrogen) atoms. The molecular weight excluding hydrogens is 237 g/mol. The van der Waals surface area contributed by atoms with Crippen LogP contribution < -0.4 is 0 Å². The van der Waals surface area contributed by atoms with Crippen LogP contribution in [0.5, 0.6) is 0 Å². The standard InChI is InChI=1S/C7H18N.CH2I/c1-5-8(4,6-2)7-3;1-2/h5-7H2,1-4H3;1H2/q+1;. The molecule has 0 saturated heterocycles.